The Morgan fingerprint density at radius 3 is 2.44 bits per heavy atom. The zero-order chi connectivity index (χ0) is 12.0. The summed E-state index contributed by atoms with van der Waals surface area (Å²) in [6, 6.07) is 2.88. The van der Waals surface area contributed by atoms with Crippen molar-refractivity contribution in [3.63, 3.8) is 0 Å². The molecule has 1 atom stereocenters. The van der Waals surface area contributed by atoms with Crippen molar-refractivity contribution in [1.29, 1.82) is 0 Å². The minimum absolute atomic E-state index is 0.551. The molecule has 92 valence electrons. The lowest BCUT2D eigenvalue weighted by atomic mass is 9.90. The number of hydrogen-bond donors (Lipinski definition) is 1. The minimum atomic E-state index is 0.551. The molecule has 1 N–H and O–H groups in total. The maximum Gasteiger partial charge on any atom is 0.0656 e. The molecule has 0 radical (unpaired) electrons. The zero-order valence-electron chi connectivity index (χ0n) is 10.4. The number of thiophene rings is 1. The highest BCUT2D eigenvalue weighted by Gasteiger charge is 2.20. The predicted molar refractivity (Wildman–Crippen MR) is 82.1 cm³/mol. The first-order valence-electron chi connectivity index (χ1n) is 6.20. The second-order valence-electron chi connectivity index (χ2n) is 4.19. The number of nitrogens with one attached hydrogen (secondary N) is 1. The van der Waals surface area contributed by atoms with Crippen molar-refractivity contribution >= 4 is 33.9 Å². The molecule has 0 spiro atoms. The fourth-order valence-corrected chi connectivity index (χ4v) is 3.51. The van der Waals surface area contributed by atoms with Gasteiger partial charge in [-0.15, -0.1) is 11.3 Å². The van der Waals surface area contributed by atoms with Gasteiger partial charge in [0.25, 0.3) is 0 Å². The molecule has 1 unspecified atom stereocenters. The summed E-state index contributed by atoms with van der Waals surface area (Å²) in [6.45, 7) is 7.94. The van der Waals surface area contributed by atoms with Crippen molar-refractivity contribution in [3.05, 3.63) is 19.9 Å². The first-order chi connectivity index (χ1) is 7.72. The van der Waals surface area contributed by atoms with Crippen LogP contribution in [0.3, 0.4) is 0 Å². The topological polar surface area (TPSA) is 12.0 Å². The van der Waals surface area contributed by atoms with Crippen LogP contribution in [0.5, 0.6) is 0 Å². The molecule has 1 rings (SSSR count). The van der Waals surface area contributed by atoms with E-state index in [4.69, 9.17) is 0 Å². The van der Waals surface area contributed by atoms with Gasteiger partial charge in [-0.2, -0.15) is 0 Å². The van der Waals surface area contributed by atoms with Crippen molar-refractivity contribution in [1.82, 2.24) is 5.32 Å². The molecule has 0 aromatic carbocycles. The van der Waals surface area contributed by atoms with Crippen molar-refractivity contribution in [2.75, 3.05) is 6.54 Å². The summed E-state index contributed by atoms with van der Waals surface area (Å²) >= 11 is 4.26. The number of hydrogen-bond acceptors (Lipinski definition) is 2. The first-order valence-corrected chi connectivity index (χ1v) is 8.16. The van der Waals surface area contributed by atoms with E-state index < -0.39 is 0 Å². The molecular formula is C13H22INS. The van der Waals surface area contributed by atoms with Crippen LogP contribution < -0.4 is 5.32 Å². The molecule has 0 saturated heterocycles. The van der Waals surface area contributed by atoms with E-state index in [0.29, 0.717) is 6.04 Å². The van der Waals surface area contributed by atoms with Gasteiger partial charge in [0.2, 0.25) is 0 Å². The van der Waals surface area contributed by atoms with Crippen molar-refractivity contribution in [2.24, 2.45) is 5.92 Å². The van der Waals surface area contributed by atoms with Gasteiger partial charge in [0.05, 0.1) is 2.88 Å². The van der Waals surface area contributed by atoms with Gasteiger partial charge in [-0.05, 0) is 58.5 Å². The average molecular weight is 351 g/mol. The van der Waals surface area contributed by atoms with E-state index in [1.807, 2.05) is 11.3 Å². The second kappa shape index (κ2) is 7.67. The quantitative estimate of drug-likeness (QED) is 0.694. The highest BCUT2D eigenvalue weighted by atomic mass is 127. The largest absolute Gasteiger partial charge is 0.310 e. The molecule has 0 aliphatic heterocycles. The van der Waals surface area contributed by atoms with E-state index in [-0.39, 0.29) is 0 Å². The number of halogens is 1. The number of rotatable bonds is 7. The maximum atomic E-state index is 3.70. The molecule has 0 aliphatic rings. The summed E-state index contributed by atoms with van der Waals surface area (Å²) in [7, 11) is 0. The van der Waals surface area contributed by atoms with Crippen LogP contribution in [0.4, 0.5) is 0 Å². The van der Waals surface area contributed by atoms with Crippen LogP contribution >= 0.6 is 33.9 Å². The van der Waals surface area contributed by atoms with E-state index in [2.05, 4.69) is 60.1 Å². The fourth-order valence-electron chi connectivity index (χ4n) is 2.10. The molecule has 1 nitrogen and oxygen atoms in total. The van der Waals surface area contributed by atoms with E-state index in [0.717, 1.165) is 12.5 Å². The van der Waals surface area contributed by atoms with Crippen molar-refractivity contribution in [2.45, 2.75) is 46.1 Å². The summed E-state index contributed by atoms with van der Waals surface area (Å²) in [4.78, 5) is 0. The minimum Gasteiger partial charge on any atom is -0.310 e. The molecule has 3 heteroatoms. The molecule has 0 bridgehead atoms. The molecule has 0 saturated carbocycles. The van der Waals surface area contributed by atoms with Crippen LogP contribution in [0.25, 0.3) is 0 Å². The Balaban J connectivity index is 2.77. The zero-order valence-corrected chi connectivity index (χ0v) is 13.4. The van der Waals surface area contributed by atoms with Gasteiger partial charge in [0.1, 0.15) is 0 Å². The van der Waals surface area contributed by atoms with Gasteiger partial charge in [-0.1, -0.05) is 33.6 Å². The first kappa shape index (κ1) is 14.5. The third-order valence-corrected chi connectivity index (χ3v) is 4.89. The van der Waals surface area contributed by atoms with Crippen LogP contribution in [-0.2, 0) is 0 Å². The molecule has 0 fully saturated rings. The Kier molecular flexibility index (Phi) is 6.92. The maximum absolute atomic E-state index is 3.70. The summed E-state index contributed by atoms with van der Waals surface area (Å²) in [6.07, 6.45) is 3.71. The third kappa shape index (κ3) is 4.00. The van der Waals surface area contributed by atoms with Gasteiger partial charge in [0, 0.05) is 6.04 Å². The van der Waals surface area contributed by atoms with Gasteiger partial charge in [0.15, 0.2) is 0 Å². The Morgan fingerprint density at radius 2 is 2.00 bits per heavy atom. The smallest absolute Gasteiger partial charge is 0.0656 e. The van der Waals surface area contributed by atoms with E-state index in [1.165, 1.54) is 27.7 Å². The van der Waals surface area contributed by atoms with Gasteiger partial charge < -0.3 is 5.32 Å². The summed E-state index contributed by atoms with van der Waals surface area (Å²) in [5.41, 5.74) is 1.48. The summed E-state index contributed by atoms with van der Waals surface area (Å²) in [5.74, 6) is 0.761. The predicted octanol–water partition coefficient (Wildman–Crippen LogP) is 4.83. The summed E-state index contributed by atoms with van der Waals surface area (Å²) < 4.78 is 1.39. The highest BCUT2D eigenvalue weighted by Crippen LogP contribution is 2.30. The summed E-state index contributed by atoms with van der Waals surface area (Å²) in [5, 5.41) is 6.02. The van der Waals surface area contributed by atoms with E-state index >= 15 is 0 Å². The van der Waals surface area contributed by atoms with Crippen LogP contribution in [0, 0.1) is 8.80 Å². The molecular weight excluding hydrogens is 329 g/mol. The third-order valence-electron chi connectivity index (χ3n) is 3.08. The van der Waals surface area contributed by atoms with E-state index in [1.54, 1.807) is 0 Å². The Labute approximate surface area is 117 Å². The molecule has 1 heterocycles. The van der Waals surface area contributed by atoms with Crippen LogP contribution in [0.15, 0.2) is 11.4 Å². The second-order valence-corrected chi connectivity index (χ2v) is 7.00. The van der Waals surface area contributed by atoms with Gasteiger partial charge >= 0.3 is 0 Å². The lowest BCUT2D eigenvalue weighted by Crippen LogP contribution is -2.28. The molecule has 1 aromatic heterocycles. The van der Waals surface area contributed by atoms with Crippen LogP contribution in [0.1, 0.15) is 51.6 Å². The SMILES string of the molecule is CCCNC(c1csc(I)c1)C(CC)CC. The molecule has 0 aliphatic carbocycles. The molecule has 1 aromatic rings. The standard InChI is InChI=1S/C13H22INS/c1-4-7-15-13(10(5-2)6-3)11-8-12(14)16-9-11/h8-10,13,15H,4-7H2,1-3H3. The monoisotopic (exact) mass is 351 g/mol. The lowest BCUT2D eigenvalue weighted by molar-refractivity contribution is 0.342. The molecule has 16 heavy (non-hydrogen) atoms. The normalized spacial score (nSPS) is 13.3. The highest BCUT2D eigenvalue weighted by molar-refractivity contribution is 14.1. The van der Waals surface area contributed by atoms with E-state index in [9.17, 15) is 0 Å². The van der Waals surface area contributed by atoms with Gasteiger partial charge in [-0.25, -0.2) is 0 Å². The molecule has 0 amide bonds. The lowest BCUT2D eigenvalue weighted by Gasteiger charge is -2.26. The van der Waals surface area contributed by atoms with Crippen LogP contribution in [-0.4, -0.2) is 6.54 Å². The van der Waals surface area contributed by atoms with Crippen molar-refractivity contribution in [3.8, 4) is 0 Å². The average Bonchev–Trinajstić information content (AvgIpc) is 2.71. The Morgan fingerprint density at radius 1 is 1.31 bits per heavy atom. The Bertz CT molecular complexity index is 294. The van der Waals surface area contributed by atoms with Gasteiger partial charge in [-0.3, -0.25) is 0 Å². The Hall–Kier alpha value is 0.390. The van der Waals surface area contributed by atoms with Crippen LogP contribution in [0.2, 0.25) is 0 Å². The fraction of sp³-hybridized carbons (Fsp3) is 0.692. The van der Waals surface area contributed by atoms with Crippen molar-refractivity contribution < 1.29 is 0 Å².